The summed E-state index contributed by atoms with van der Waals surface area (Å²) in [6, 6.07) is 10.5. The van der Waals surface area contributed by atoms with Gasteiger partial charge in [-0.05, 0) is 32.9 Å². The molecule has 2 aromatic heterocycles. The number of likely N-dealkylation sites (tertiary alicyclic amines) is 1. The van der Waals surface area contributed by atoms with E-state index in [9.17, 15) is 4.79 Å². The van der Waals surface area contributed by atoms with E-state index < -0.39 is 0 Å². The second-order valence-corrected chi connectivity index (χ2v) is 7.52. The van der Waals surface area contributed by atoms with Crippen molar-refractivity contribution in [3.63, 3.8) is 0 Å². The summed E-state index contributed by atoms with van der Waals surface area (Å²) in [5, 5.41) is 5.62. The second-order valence-electron chi connectivity index (χ2n) is 6.27. The molecule has 0 radical (unpaired) electrons. The van der Waals surface area contributed by atoms with Gasteiger partial charge in [-0.1, -0.05) is 18.2 Å². The molecular formula is C18H19N3OS. The van der Waals surface area contributed by atoms with E-state index in [4.69, 9.17) is 0 Å². The van der Waals surface area contributed by atoms with Crippen LogP contribution >= 0.6 is 11.3 Å². The quantitative estimate of drug-likeness (QED) is 0.720. The van der Waals surface area contributed by atoms with Gasteiger partial charge in [-0.15, -0.1) is 11.3 Å². The van der Waals surface area contributed by atoms with E-state index in [-0.39, 0.29) is 5.91 Å². The first-order chi connectivity index (χ1) is 11.0. The van der Waals surface area contributed by atoms with E-state index in [1.807, 2.05) is 36.9 Å². The van der Waals surface area contributed by atoms with Crippen LogP contribution in [0.1, 0.15) is 32.7 Å². The van der Waals surface area contributed by atoms with Gasteiger partial charge in [0, 0.05) is 33.7 Å². The van der Waals surface area contributed by atoms with Gasteiger partial charge in [0.1, 0.15) is 0 Å². The smallest absolute Gasteiger partial charge is 0.255 e. The van der Waals surface area contributed by atoms with Crippen molar-refractivity contribution in [2.75, 3.05) is 13.1 Å². The fourth-order valence-electron chi connectivity index (χ4n) is 3.38. The number of aryl methyl sites for hydroxylation is 3. The van der Waals surface area contributed by atoms with Crippen LogP contribution in [0.3, 0.4) is 0 Å². The number of carbonyl (C=O) groups excluding carboxylic acids is 1. The Labute approximate surface area is 139 Å². The average molecular weight is 325 g/mol. The molecule has 3 heterocycles. The molecule has 5 heteroatoms. The molecule has 1 fully saturated rings. The standard InChI is InChI=1S/C18H19N3OS/c1-11-8-12(2)21(19-11)14-9-20(10-14)18(22)17-13(3)23-16-7-5-4-6-15(16)17/h4-8,14H,9-10H2,1-3H3. The molecule has 0 N–H and O–H groups in total. The minimum absolute atomic E-state index is 0.151. The first-order valence-corrected chi connectivity index (χ1v) is 8.66. The van der Waals surface area contributed by atoms with Gasteiger partial charge in [0.15, 0.2) is 0 Å². The first kappa shape index (κ1) is 14.5. The molecule has 118 valence electrons. The molecule has 3 aromatic rings. The van der Waals surface area contributed by atoms with Crippen molar-refractivity contribution < 1.29 is 4.79 Å². The third kappa shape index (κ3) is 2.27. The van der Waals surface area contributed by atoms with Crippen molar-refractivity contribution in [3.05, 3.63) is 52.2 Å². The number of amides is 1. The van der Waals surface area contributed by atoms with Crippen molar-refractivity contribution >= 4 is 27.3 Å². The van der Waals surface area contributed by atoms with Crippen LogP contribution in [0.25, 0.3) is 10.1 Å². The molecular weight excluding hydrogens is 306 g/mol. The number of hydrogen-bond donors (Lipinski definition) is 0. The predicted octanol–water partition coefficient (Wildman–Crippen LogP) is 3.72. The number of thiophene rings is 1. The summed E-state index contributed by atoms with van der Waals surface area (Å²) < 4.78 is 3.24. The SMILES string of the molecule is Cc1cc(C)n(C2CN(C(=O)c3c(C)sc4ccccc34)C2)n1. The Kier molecular flexibility index (Phi) is 3.27. The summed E-state index contributed by atoms with van der Waals surface area (Å²) in [6.07, 6.45) is 0. The molecule has 0 bridgehead atoms. The number of hydrogen-bond acceptors (Lipinski definition) is 3. The van der Waals surface area contributed by atoms with Gasteiger partial charge in [0.05, 0.1) is 17.3 Å². The summed E-state index contributed by atoms with van der Waals surface area (Å²) in [5.74, 6) is 0.151. The summed E-state index contributed by atoms with van der Waals surface area (Å²) in [4.78, 5) is 15.9. The van der Waals surface area contributed by atoms with E-state index in [1.54, 1.807) is 11.3 Å². The van der Waals surface area contributed by atoms with Crippen LogP contribution in [0.2, 0.25) is 0 Å². The summed E-state index contributed by atoms with van der Waals surface area (Å²) in [7, 11) is 0. The Balaban J connectivity index is 1.57. The van der Waals surface area contributed by atoms with Crippen molar-refractivity contribution in [2.45, 2.75) is 26.8 Å². The maximum Gasteiger partial charge on any atom is 0.255 e. The van der Waals surface area contributed by atoms with E-state index in [0.29, 0.717) is 6.04 Å². The molecule has 0 atom stereocenters. The van der Waals surface area contributed by atoms with Crippen LogP contribution in [-0.2, 0) is 0 Å². The number of rotatable bonds is 2. The summed E-state index contributed by atoms with van der Waals surface area (Å²) >= 11 is 1.70. The molecule has 1 amide bonds. The predicted molar refractivity (Wildman–Crippen MR) is 93.2 cm³/mol. The number of carbonyl (C=O) groups is 1. The highest BCUT2D eigenvalue weighted by atomic mass is 32.1. The molecule has 1 aromatic carbocycles. The molecule has 4 nitrogen and oxygen atoms in total. The lowest BCUT2D eigenvalue weighted by atomic mass is 10.0. The van der Waals surface area contributed by atoms with Crippen molar-refractivity contribution in [2.24, 2.45) is 0 Å². The van der Waals surface area contributed by atoms with Gasteiger partial charge in [0.25, 0.3) is 5.91 Å². The van der Waals surface area contributed by atoms with Gasteiger partial charge < -0.3 is 4.90 Å². The average Bonchev–Trinajstić information content (AvgIpc) is 2.96. The van der Waals surface area contributed by atoms with Crippen LogP contribution in [0.5, 0.6) is 0 Å². The minimum atomic E-state index is 0.151. The van der Waals surface area contributed by atoms with Gasteiger partial charge in [-0.2, -0.15) is 5.10 Å². The third-order valence-corrected chi connectivity index (χ3v) is 5.61. The van der Waals surface area contributed by atoms with Crippen LogP contribution in [-0.4, -0.2) is 33.7 Å². The van der Waals surface area contributed by atoms with Crippen LogP contribution in [0.15, 0.2) is 30.3 Å². The summed E-state index contributed by atoms with van der Waals surface area (Å²) in [5.41, 5.74) is 3.07. The highest BCUT2D eigenvalue weighted by molar-refractivity contribution is 7.19. The minimum Gasteiger partial charge on any atom is -0.334 e. The zero-order valence-corrected chi connectivity index (χ0v) is 14.4. The maximum atomic E-state index is 12.9. The second kappa shape index (κ2) is 5.20. The lowest BCUT2D eigenvalue weighted by molar-refractivity contribution is 0.0499. The molecule has 1 saturated heterocycles. The molecule has 1 aliphatic rings. The Bertz CT molecular complexity index is 902. The molecule has 0 spiro atoms. The molecule has 0 aliphatic carbocycles. The topological polar surface area (TPSA) is 38.1 Å². The van der Waals surface area contributed by atoms with Gasteiger partial charge in [-0.3, -0.25) is 9.48 Å². The number of benzene rings is 1. The van der Waals surface area contributed by atoms with E-state index in [0.717, 1.165) is 40.3 Å². The van der Waals surface area contributed by atoms with Crippen LogP contribution in [0.4, 0.5) is 0 Å². The van der Waals surface area contributed by atoms with Gasteiger partial charge >= 0.3 is 0 Å². The maximum absolute atomic E-state index is 12.9. The van der Waals surface area contributed by atoms with Crippen molar-refractivity contribution in [1.29, 1.82) is 0 Å². The van der Waals surface area contributed by atoms with Crippen molar-refractivity contribution in [1.82, 2.24) is 14.7 Å². The molecule has 4 rings (SSSR count). The van der Waals surface area contributed by atoms with E-state index >= 15 is 0 Å². The van der Waals surface area contributed by atoms with E-state index in [1.165, 1.54) is 4.70 Å². The lowest BCUT2D eigenvalue weighted by Crippen LogP contribution is -2.51. The van der Waals surface area contributed by atoms with Crippen LogP contribution in [0, 0.1) is 20.8 Å². The first-order valence-electron chi connectivity index (χ1n) is 7.85. The number of nitrogens with zero attached hydrogens (tertiary/aromatic N) is 3. The van der Waals surface area contributed by atoms with Gasteiger partial charge in [-0.25, -0.2) is 0 Å². The fourth-order valence-corrected chi connectivity index (χ4v) is 4.44. The Hall–Kier alpha value is -2.14. The molecule has 0 saturated carbocycles. The Morgan fingerprint density at radius 3 is 2.65 bits per heavy atom. The lowest BCUT2D eigenvalue weighted by Gasteiger charge is -2.39. The van der Waals surface area contributed by atoms with Crippen LogP contribution < -0.4 is 0 Å². The largest absolute Gasteiger partial charge is 0.334 e. The van der Waals surface area contributed by atoms with Crippen molar-refractivity contribution in [3.8, 4) is 0 Å². The zero-order chi connectivity index (χ0) is 16.1. The van der Waals surface area contributed by atoms with Gasteiger partial charge in [0.2, 0.25) is 0 Å². The Morgan fingerprint density at radius 1 is 1.22 bits per heavy atom. The zero-order valence-electron chi connectivity index (χ0n) is 13.5. The number of aromatic nitrogens is 2. The molecule has 0 unspecified atom stereocenters. The number of fused-ring (bicyclic) bond motifs is 1. The van der Waals surface area contributed by atoms with E-state index in [2.05, 4.69) is 28.8 Å². The monoisotopic (exact) mass is 325 g/mol. The highest BCUT2D eigenvalue weighted by Crippen LogP contribution is 2.33. The molecule has 23 heavy (non-hydrogen) atoms. The molecule has 1 aliphatic heterocycles. The third-order valence-electron chi connectivity index (χ3n) is 4.53. The normalized spacial score (nSPS) is 15.2. The highest BCUT2D eigenvalue weighted by Gasteiger charge is 2.35. The summed E-state index contributed by atoms with van der Waals surface area (Å²) in [6.45, 7) is 7.60. The fraction of sp³-hybridized carbons (Fsp3) is 0.333. The Morgan fingerprint density at radius 2 is 1.96 bits per heavy atom.